The van der Waals surface area contributed by atoms with Gasteiger partial charge in [0.2, 0.25) is 0 Å². The fourth-order valence-corrected chi connectivity index (χ4v) is 1.03. The summed E-state index contributed by atoms with van der Waals surface area (Å²) in [6.07, 6.45) is -5.21. The zero-order valence-electron chi connectivity index (χ0n) is 7.38. The molecule has 0 bridgehead atoms. The van der Waals surface area contributed by atoms with Crippen LogP contribution < -0.4 is 5.73 Å². The summed E-state index contributed by atoms with van der Waals surface area (Å²) in [6.45, 7) is 0. The van der Waals surface area contributed by atoms with Crippen molar-refractivity contribution in [2.24, 2.45) is 5.73 Å². The molecule has 0 aromatic heterocycles. The first kappa shape index (κ1) is 12.8. The van der Waals surface area contributed by atoms with Gasteiger partial charge in [-0.25, -0.2) is 17.6 Å². The van der Waals surface area contributed by atoms with E-state index < -0.39 is 41.1 Å². The highest BCUT2D eigenvalue weighted by Crippen LogP contribution is 2.34. The molecule has 90 valence electrons. The van der Waals surface area contributed by atoms with Crippen molar-refractivity contribution in [1.82, 2.24) is 0 Å². The molecule has 0 aliphatic rings. The lowest BCUT2D eigenvalue weighted by Crippen LogP contribution is -2.31. The van der Waals surface area contributed by atoms with Gasteiger partial charge in [-0.05, 0) is 0 Å². The first-order valence-corrected chi connectivity index (χ1v) is 3.81. The number of rotatable bonds is 1. The van der Waals surface area contributed by atoms with Crippen molar-refractivity contribution in [3.63, 3.8) is 0 Å². The summed E-state index contributed by atoms with van der Waals surface area (Å²) in [7, 11) is 0. The zero-order valence-corrected chi connectivity index (χ0v) is 7.38. The van der Waals surface area contributed by atoms with E-state index in [9.17, 15) is 30.7 Å². The quantitative estimate of drug-likeness (QED) is 0.599. The minimum Gasteiger partial charge on any atom is -0.316 e. The van der Waals surface area contributed by atoms with E-state index in [0.29, 0.717) is 0 Å². The molecule has 16 heavy (non-hydrogen) atoms. The zero-order chi connectivity index (χ0) is 12.7. The van der Waals surface area contributed by atoms with E-state index in [-0.39, 0.29) is 6.07 Å². The van der Waals surface area contributed by atoms with E-state index in [1.54, 1.807) is 0 Å². The molecule has 0 unspecified atom stereocenters. The summed E-state index contributed by atoms with van der Waals surface area (Å²) in [5.74, 6) is -8.17. The first-order chi connectivity index (χ1) is 7.16. The Kier molecular flexibility index (Phi) is 3.13. The second-order valence-corrected chi connectivity index (χ2v) is 2.90. The SMILES string of the molecule is N[C@@H](c1c(F)c(F)cc(F)c1F)C(F)(F)F. The van der Waals surface area contributed by atoms with Gasteiger partial charge in [0.15, 0.2) is 23.3 Å². The van der Waals surface area contributed by atoms with Crippen LogP contribution in [0.1, 0.15) is 11.6 Å². The summed E-state index contributed by atoms with van der Waals surface area (Å²) in [5, 5.41) is 0. The monoisotopic (exact) mass is 247 g/mol. The molecule has 1 rings (SSSR count). The Balaban J connectivity index is 3.44. The molecule has 0 amide bonds. The van der Waals surface area contributed by atoms with Crippen molar-refractivity contribution < 1.29 is 30.7 Å². The van der Waals surface area contributed by atoms with E-state index >= 15 is 0 Å². The maximum atomic E-state index is 12.9. The van der Waals surface area contributed by atoms with E-state index in [4.69, 9.17) is 0 Å². The Morgan fingerprint density at radius 1 is 0.938 bits per heavy atom. The lowest BCUT2D eigenvalue weighted by molar-refractivity contribution is -0.150. The van der Waals surface area contributed by atoms with Crippen LogP contribution in [-0.4, -0.2) is 6.18 Å². The second kappa shape index (κ2) is 3.93. The average Bonchev–Trinajstić information content (AvgIpc) is 2.13. The fraction of sp³-hybridized carbons (Fsp3) is 0.250. The molecule has 2 N–H and O–H groups in total. The molecule has 0 saturated heterocycles. The minimum atomic E-state index is -5.21. The van der Waals surface area contributed by atoms with Crippen molar-refractivity contribution in [2.45, 2.75) is 12.2 Å². The summed E-state index contributed by atoms with van der Waals surface area (Å²) >= 11 is 0. The average molecular weight is 247 g/mol. The van der Waals surface area contributed by atoms with Crippen LogP contribution in [0.15, 0.2) is 6.07 Å². The second-order valence-electron chi connectivity index (χ2n) is 2.90. The van der Waals surface area contributed by atoms with Gasteiger partial charge in [-0.15, -0.1) is 0 Å². The van der Waals surface area contributed by atoms with Gasteiger partial charge < -0.3 is 5.73 Å². The molecule has 1 atom stereocenters. The highest BCUT2D eigenvalue weighted by Gasteiger charge is 2.42. The Morgan fingerprint density at radius 3 is 1.62 bits per heavy atom. The van der Waals surface area contributed by atoms with Crippen LogP contribution in [-0.2, 0) is 0 Å². The smallest absolute Gasteiger partial charge is 0.316 e. The van der Waals surface area contributed by atoms with Crippen molar-refractivity contribution >= 4 is 0 Å². The predicted octanol–water partition coefficient (Wildman–Crippen LogP) is 2.81. The summed E-state index contributed by atoms with van der Waals surface area (Å²) in [4.78, 5) is 0. The number of nitrogens with two attached hydrogens (primary N) is 1. The molecule has 0 aliphatic carbocycles. The van der Waals surface area contributed by atoms with Gasteiger partial charge in [0, 0.05) is 6.07 Å². The van der Waals surface area contributed by atoms with Gasteiger partial charge in [-0.1, -0.05) is 0 Å². The largest absolute Gasteiger partial charge is 0.407 e. The Morgan fingerprint density at radius 2 is 1.31 bits per heavy atom. The fourth-order valence-electron chi connectivity index (χ4n) is 1.03. The van der Waals surface area contributed by atoms with Gasteiger partial charge in [0.05, 0.1) is 5.56 Å². The molecular weight excluding hydrogens is 243 g/mol. The molecule has 1 nitrogen and oxygen atoms in total. The van der Waals surface area contributed by atoms with Crippen LogP contribution in [0.25, 0.3) is 0 Å². The van der Waals surface area contributed by atoms with E-state index in [1.165, 1.54) is 0 Å². The molecule has 0 heterocycles. The maximum absolute atomic E-state index is 12.9. The number of benzene rings is 1. The topological polar surface area (TPSA) is 26.0 Å². The Bertz CT molecular complexity index is 386. The van der Waals surface area contributed by atoms with E-state index in [1.807, 2.05) is 0 Å². The van der Waals surface area contributed by atoms with E-state index in [2.05, 4.69) is 5.73 Å². The molecule has 0 saturated carbocycles. The van der Waals surface area contributed by atoms with Gasteiger partial charge in [-0.3, -0.25) is 0 Å². The summed E-state index contributed by atoms with van der Waals surface area (Å²) < 4.78 is 87.0. The van der Waals surface area contributed by atoms with Crippen molar-refractivity contribution in [3.05, 3.63) is 34.9 Å². The highest BCUT2D eigenvalue weighted by molar-refractivity contribution is 5.26. The maximum Gasteiger partial charge on any atom is 0.407 e. The number of hydrogen-bond donors (Lipinski definition) is 1. The van der Waals surface area contributed by atoms with Crippen LogP contribution >= 0.6 is 0 Å². The van der Waals surface area contributed by atoms with Crippen molar-refractivity contribution in [2.75, 3.05) is 0 Å². The lowest BCUT2D eigenvalue weighted by Gasteiger charge is -2.17. The predicted molar refractivity (Wildman–Crippen MR) is 39.3 cm³/mol. The van der Waals surface area contributed by atoms with Crippen molar-refractivity contribution in [1.29, 1.82) is 0 Å². The highest BCUT2D eigenvalue weighted by atomic mass is 19.4. The third-order valence-electron chi connectivity index (χ3n) is 1.81. The molecule has 0 radical (unpaired) electrons. The molecule has 1 aromatic carbocycles. The van der Waals surface area contributed by atoms with Crippen LogP contribution in [0.5, 0.6) is 0 Å². The number of alkyl halides is 3. The standard InChI is InChI=1S/C8H4F7N/c9-2-1-3(10)6(12)4(5(2)11)7(16)8(13,14)15/h1,7H,16H2/t7-/m0/s1. The molecule has 8 heteroatoms. The Hall–Kier alpha value is -1.31. The van der Waals surface area contributed by atoms with Crippen LogP contribution in [0.3, 0.4) is 0 Å². The van der Waals surface area contributed by atoms with Gasteiger partial charge in [-0.2, -0.15) is 13.2 Å². The third-order valence-corrected chi connectivity index (χ3v) is 1.81. The minimum absolute atomic E-state index is 0.197. The van der Waals surface area contributed by atoms with Gasteiger partial charge >= 0.3 is 6.18 Å². The molecule has 0 aliphatic heterocycles. The van der Waals surface area contributed by atoms with Gasteiger partial charge in [0.1, 0.15) is 6.04 Å². The Labute approximate surface area is 84.7 Å². The van der Waals surface area contributed by atoms with Crippen LogP contribution in [0.2, 0.25) is 0 Å². The molecular formula is C8H4F7N. The summed E-state index contributed by atoms with van der Waals surface area (Å²) in [5.41, 5.74) is 2.60. The van der Waals surface area contributed by atoms with Gasteiger partial charge in [0.25, 0.3) is 0 Å². The molecule has 1 aromatic rings. The van der Waals surface area contributed by atoms with Crippen LogP contribution in [0.4, 0.5) is 30.7 Å². The molecule has 0 spiro atoms. The summed E-state index contributed by atoms with van der Waals surface area (Å²) in [6, 6.07) is -3.32. The van der Waals surface area contributed by atoms with E-state index in [0.717, 1.165) is 0 Å². The normalized spacial score (nSPS) is 14.0. The molecule has 0 fully saturated rings. The number of halogens is 7. The lowest BCUT2D eigenvalue weighted by atomic mass is 10.1. The number of hydrogen-bond acceptors (Lipinski definition) is 1. The first-order valence-electron chi connectivity index (χ1n) is 3.81. The van der Waals surface area contributed by atoms with Crippen LogP contribution in [0, 0.1) is 23.3 Å². The van der Waals surface area contributed by atoms with Crippen molar-refractivity contribution in [3.8, 4) is 0 Å². The third kappa shape index (κ3) is 2.11.